The summed E-state index contributed by atoms with van der Waals surface area (Å²) in [5, 5.41) is 0.805. The zero-order valence-electron chi connectivity index (χ0n) is 10.9. The summed E-state index contributed by atoms with van der Waals surface area (Å²) in [6.45, 7) is 11.9. The van der Waals surface area contributed by atoms with Gasteiger partial charge in [-0.25, -0.2) is 0 Å². The Morgan fingerprint density at radius 1 is 1.14 bits per heavy atom. The van der Waals surface area contributed by atoms with E-state index in [0.717, 1.165) is 11.2 Å². The summed E-state index contributed by atoms with van der Waals surface area (Å²) < 4.78 is 0. The fourth-order valence-electron chi connectivity index (χ4n) is 2.40. The first kappa shape index (κ1) is 14.3. The predicted molar refractivity (Wildman–Crippen MR) is 70.1 cm³/mol. The molecule has 0 aromatic rings. The Bertz CT molecular complexity index is 138. The quantitative estimate of drug-likeness (QED) is 0.578. The lowest BCUT2D eigenvalue weighted by atomic mass is 9.70. The van der Waals surface area contributed by atoms with Gasteiger partial charge in [0.15, 0.2) is 0 Å². The normalized spacial score (nSPS) is 16.7. The molecule has 1 heteroatoms. The second kappa shape index (κ2) is 6.76. The summed E-state index contributed by atoms with van der Waals surface area (Å²) >= 11 is 2.03. The van der Waals surface area contributed by atoms with E-state index in [0.29, 0.717) is 5.41 Å². The first-order valence-electron chi connectivity index (χ1n) is 6.08. The van der Waals surface area contributed by atoms with Gasteiger partial charge in [0.05, 0.1) is 0 Å². The Morgan fingerprint density at radius 2 is 1.64 bits per heavy atom. The number of rotatable bonds is 7. The van der Waals surface area contributed by atoms with Gasteiger partial charge in [-0.2, -0.15) is 11.8 Å². The van der Waals surface area contributed by atoms with Crippen molar-refractivity contribution in [2.24, 2.45) is 11.3 Å². The van der Waals surface area contributed by atoms with Crippen LogP contribution in [-0.4, -0.2) is 11.5 Å². The first-order chi connectivity index (χ1) is 6.55. The molecule has 0 aliphatic heterocycles. The van der Waals surface area contributed by atoms with E-state index in [-0.39, 0.29) is 0 Å². The van der Waals surface area contributed by atoms with Gasteiger partial charge in [0.25, 0.3) is 0 Å². The molecule has 14 heavy (non-hydrogen) atoms. The van der Waals surface area contributed by atoms with Crippen LogP contribution in [0.2, 0.25) is 0 Å². The fraction of sp³-hybridized carbons (Fsp3) is 1.00. The van der Waals surface area contributed by atoms with Crippen molar-refractivity contribution in [3.8, 4) is 0 Å². The van der Waals surface area contributed by atoms with Gasteiger partial charge in [0.2, 0.25) is 0 Å². The lowest BCUT2D eigenvalue weighted by molar-refractivity contribution is 0.157. The van der Waals surface area contributed by atoms with Crippen LogP contribution < -0.4 is 0 Å². The first-order valence-corrected chi connectivity index (χ1v) is 7.37. The van der Waals surface area contributed by atoms with Gasteiger partial charge in [0, 0.05) is 5.25 Å². The van der Waals surface area contributed by atoms with E-state index in [1.165, 1.54) is 25.7 Å². The third-order valence-corrected chi connectivity index (χ3v) is 5.12. The van der Waals surface area contributed by atoms with E-state index in [1.54, 1.807) is 0 Å². The SMILES string of the molecule is CCCC(C(C)SC)C(C)(CC)CC. The Labute approximate surface area is 95.2 Å². The Kier molecular flexibility index (Phi) is 6.93. The number of thioether (sulfide) groups is 1. The van der Waals surface area contributed by atoms with Crippen molar-refractivity contribution in [1.82, 2.24) is 0 Å². The molecule has 0 rings (SSSR count). The molecule has 0 aromatic carbocycles. The molecule has 0 saturated carbocycles. The average Bonchev–Trinajstić information content (AvgIpc) is 2.23. The minimum absolute atomic E-state index is 0.554. The van der Waals surface area contributed by atoms with Gasteiger partial charge in [-0.1, -0.05) is 53.9 Å². The third-order valence-electron chi connectivity index (χ3n) is 4.05. The summed E-state index contributed by atoms with van der Waals surface area (Å²) in [4.78, 5) is 0. The zero-order valence-corrected chi connectivity index (χ0v) is 11.7. The molecule has 0 saturated heterocycles. The van der Waals surface area contributed by atoms with Crippen LogP contribution in [0.15, 0.2) is 0 Å². The van der Waals surface area contributed by atoms with Crippen molar-refractivity contribution in [2.45, 2.75) is 65.6 Å². The summed E-state index contributed by atoms with van der Waals surface area (Å²) in [6.07, 6.45) is 7.60. The van der Waals surface area contributed by atoms with Crippen molar-refractivity contribution < 1.29 is 0 Å². The Hall–Kier alpha value is 0.350. The maximum Gasteiger partial charge on any atom is 0.00494 e. The average molecular weight is 216 g/mol. The number of hydrogen-bond donors (Lipinski definition) is 0. The summed E-state index contributed by atoms with van der Waals surface area (Å²) in [7, 11) is 0. The molecule has 0 N–H and O–H groups in total. The molecule has 0 spiro atoms. The summed E-state index contributed by atoms with van der Waals surface area (Å²) in [5.41, 5.74) is 0.554. The minimum atomic E-state index is 0.554. The van der Waals surface area contributed by atoms with Gasteiger partial charge < -0.3 is 0 Å². The lowest BCUT2D eigenvalue weighted by Crippen LogP contribution is -2.32. The van der Waals surface area contributed by atoms with Gasteiger partial charge >= 0.3 is 0 Å². The Balaban J connectivity index is 4.59. The minimum Gasteiger partial charge on any atom is -0.162 e. The molecule has 0 nitrogen and oxygen atoms in total. The highest BCUT2D eigenvalue weighted by molar-refractivity contribution is 7.99. The van der Waals surface area contributed by atoms with Gasteiger partial charge in [-0.05, 0) is 24.0 Å². The Morgan fingerprint density at radius 3 is 1.93 bits per heavy atom. The van der Waals surface area contributed by atoms with Gasteiger partial charge in [0.1, 0.15) is 0 Å². The standard InChI is InChI=1S/C13H28S/c1-7-10-12(11(4)14-6)13(5,8-2)9-3/h11-12H,7-10H2,1-6H3. The van der Waals surface area contributed by atoms with Crippen molar-refractivity contribution in [2.75, 3.05) is 6.26 Å². The van der Waals surface area contributed by atoms with Crippen LogP contribution in [0.1, 0.15) is 60.3 Å². The van der Waals surface area contributed by atoms with Crippen LogP contribution in [-0.2, 0) is 0 Å². The topological polar surface area (TPSA) is 0 Å². The molecule has 0 radical (unpaired) electrons. The van der Waals surface area contributed by atoms with E-state index < -0.39 is 0 Å². The molecule has 0 aromatic heterocycles. The molecule has 0 fully saturated rings. The maximum atomic E-state index is 2.47. The molecule has 86 valence electrons. The maximum absolute atomic E-state index is 2.47. The molecule has 0 amide bonds. The zero-order chi connectivity index (χ0) is 11.2. The summed E-state index contributed by atoms with van der Waals surface area (Å²) in [5.74, 6) is 0.887. The highest BCUT2D eigenvalue weighted by Gasteiger charge is 2.33. The summed E-state index contributed by atoms with van der Waals surface area (Å²) in [6, 6.07) is 0. The van der Waals surface area contributed by atoms with Crippen LogP contribution in [0.4, 0.5) is 0 Å². The van der Waals surface area contributed by atoms with Crippen LogP contribution in [0, 0.1) is 11.3 Å². The van der Waals surface area contributed by atoms with Crippen LogP contribution in [0.25, 0.3) is 0 Å². The molecule has 0 bridgehead atoms. The van der Waals surface area contributed by atoms with E-state index in [2.05, 4.69) is 40.9 Å². The van der Waals surface area contributed by atoms with Gasteiger partial charge in [-0.15, -0.1) is 0 Å². The monoisotopic (exact) mass is 216 g/mol. The largest absolute Gasteiger partial charge is 0.162 e. The molecule has 0 heterocycles. The predicted octanol–water partition coefficient (Wildman–Crippen LogP) is 4.98. The van der Waals surface area contributed by atoms with E-state index >= 15 is 0 Å². The molecule has 0 aliphatic rings. The third kappa shape index (κ3) is 3.49. The van der Waals surface area contributed by atoms with Crippen molar-refractivity contribution in [3.05, 3.63) is 0 Å². The highest BCUT2D eigenvalue weighted by atomic mass is 32.2. The van der Waals surface area contributed by atoms with E-state index in [1.807, 2.05) is 11.8 Å². The molecular formula is C13H28S. The van der Waals surface area contributed by atoms with E-state index in [4.69, 9.17) is 0 Å². The van der Waals surface area contributed by atoms with Crippen molar-refractivity contribution in [3.63, 3.8) is 0 Å². The van der Waals surface area contributed by atoms with Crippen molar-refractivity contribution >= 4 is 11.8 Å². The fourth-order valence-corrected chi connectivity index (χ4v) is 3.19. The molecule has 2 unspecified atom stereocenters. The molecular weight excluding hydrogens is 188 g/mol. The van der Waals surface area contributed by atoms with Crippen LogP contribution in [0.3, 0.4) is 0 Å². The molecule has 0 aliphatic carbocycles. The van der Waals surface area contributed by atoms with Crippen LogP contribution in [0.5, 0.6) is 0 Å². The van der Waals surface area contributed by atoms with Crippen molar-refractivity contribution in [1.29, 1.82) is 0 Å². The smallest absolute Gasteiger partial charge is 0.00494 e. The second-order valence-corrected chi connectivity index (χ2v) is 5.91. The van der Waals surface area contributed by atoms with Crippen LogP contribution >= 0.6 is 11.8 Å². The second-order valence-electron chi connectivity index (χ2n) is 4.70. The highest BCUT2D eigenvalue weighted by Crippen LogP contribution is 2.42. The van der Waals surface area contributed by atoms with Gasteiger partial charge in [-0.3, -0.25) is 0 Å². The number of hydrogen-bond acceptors (Lipinski definition) is 1. The van der Waals surface area contributed by atoms with E-state index in [9.17, 15) is 0 Å². The lowest BCUT2D eigenvalue weighted by Gasteiger charge is -2.39. The molecule has 2 atom stereocenters.